The summed E-state index contributed by atoms with van der Waals surface area (Å²) in [7, 11) is 1.62. The van der Waals surface area contributed by atoms with Crippen LogP contribution < -0.4 is 14.8 Å². The van der Waals surface area contributed by atoms with Gasteiger partial charge in [-0.25, -0.2) is 4.79 Å². The molecule has 6 nitrogen and oxygen atoms in total. The van der Waals surface area contributed by atoms with Gasteiger partial charge in [0, 0.05) is 19.7 Å². The molecule has 1 aromatic rings. The van der Waals surface area contributed by atoms with Crippen LogP contribution in [-0.2, 0) is 4.74 Å². The maximum absolute atomic E-state index is 12.5. The van der Waals surface area contributed by atoms with Crippen LogP contribution in [0.2, 0.25) is 0 Å². The molecular formula is C20H32N2O4. The minimum absolute atomic E-state index is 0.0334. The van der Waals surface area contributed by atoms with Crippen molar-refractivity contribution in [1.82, 2.24) is 10.2 Å². The van der Waals surface area contributed by atoms with Gasteiger partial charge in [-0.2, -0.15) is 0 Å². The van der Waals surface area contributed by atoms with Crippen molar-refractivity contribution in [2.24, 2.45) is 0 Å². The van der Waals surface area contributed by atoms with E-state index < -0.39 is 0 Å². The zero-order valence-electron chi connectivity index (χ0n) is 16.6. The van der Waals surface area contributed by atoms with Gasteiger partial charge >= 0.3 is 6.03 Å². The Labute approximate surface area is 156 Å². The number of hydrogen-bond donors (Lipinski definition) is 1. The summed E-state index contributed by atoms with van der Waals surface area (Å²) < 4.78 is 16.8. The fraction of sp³-hybridized carbons (Fsp3) is 0.650. The van der Waals surface area contributed by atoms with Gasteiger partial charge in [-0.15, -0.1) is 0 Å². The number of nitrogens with zero attached hydrogens (tertiary/aromatic N) is 1. The molecule has 1 heterocycles. The predicted molar refractivity (Wildman–Crippen MR) is 102 cm³/mol. The number of ether oxygens (including phenoxy) is 3. The Morgan fingerprint density at radius 2 is 1.92 bits per heavy atom. The van der Waals surface area contributed by atoms with E-state index in [2.05, 4.69) is 5.32 Å². The third kappa shape index (κ3) is 5.53. The van der Waals surface area contributed by atoms with Crippen LogP contribution in [0.1, 0.15) is 52.1 Å². The largest absolute Gasteiger partial charge is 0.493 e. The van der Waals surface area contributed by atoms with Crippen LogP contribution in [0.3, 0.4) is 0 Å². The summed E-state index contributed by atoms with van der Waals surface area (Å²) in [5, 5.41) is 3.07. The summed E-state index contributed by atoms with van der Waals surface area (Å²) in [6.07, 6.45) is 2.14. The second-order valence-corrected chi connectivity index (χ2v) is 6.89. The summed E-state index contributed by atoms with van der Waals surface area (Å²) in [4.78, 5) is 14.4. The normalized spacial score (nSPS) is 16.5. The van der Waals surface area contributed by atoms with Crippen LogP contribution >= 0.6 is 0 Å². The Hall–Kier alpha value is -1.95. The summed E-state index contributed by atoms with van der Waals surface area (Å²) in [5.74, 6) is 1.39. The Balaban J connectivity index is 1.94. The van der Waals surface area contributed by atoms with E-state index in [0.29, 0.717) is 11.5 Å². The molecule has 0 saturated carbocycles. The summed E-state index contributed by atoms with van der Waals surface area (Å²) >= 11 is 0. The summed E-state index contributed by atoms with van der Waals surface area (Å²) in [6, 6.07) is 5.63. The van der Waals surface area contributed by atoms with Gasteiger partial charge in [0.15, 0.2) is 11.5 Å². The highest BCUT2D eigenvalue weighted by Gasteiger charge is 2.24. The van der Waals surface area contributed by atoms with E-state index in [9.17, 15) is 4.79 Å². The highest BCUT2D eigenvalue weighted by molar-refractivity contribution is 5.74. The molecule has 0 aromatic heterocycles. The van der Waals surface area contributed by atoms with Crippen LogP contribution in [0.5, 0.6) is 11.5 Å². The van der Waals surface area contributed by atoms with Gasteiger partial charge in [-0.3, -0.25) is 0 Å². The first-order valence-corrected chi connectivity index (χ1v) is 9.46. The number of nitrogens with one attached hydrogen (secondary N) is 1. The first-order valence-electron chi connectivity index (χ1n) is 9.46. The third-order valence-corrected chi connectivity index (χ3v) is 4.52. The Morgan fingerprint density at radius 3 is 2.50 bits per heavy atom. The number of carbonyl (C=O) groups is 1. The molecule has 2 amide bonds. The number of amides is 2. The molecule has 0 radical (unpaired) electrons. The molecule has 1 aliphatic rings. The first-order chi connectivity index (χ1) is 12.4. The molecule has 0 unspecified atom stereocenters. The monoisotopic (exact) mass is 364 g/mol. The van der Waals surface area contributed by atoms with Crippen molar-refractivity contribution < 1.29 is 19.0 Å². The van der Waals surface area contributed by atoms with E-state index in [-0.39, 0.29) is 24.3 Å². The fourth-order valence-corrected chi connectivity index (χ4v) is 3.13. The van der Waals surface area contributed by atoms with Crippen LogP contribution in [0.15, 0.2) is 18.2 Å². The number of benzene rings is 1. The van der Waals surface area contributed by atoms with Crippen LogP contribution in [0.4, 0.5) is 4.79 Å². The number of hydrogen-bond acceptors (Lipinski definition) is 4. The molecule has 0 aliphatic carbocycles. The van der Waals surface area contributed by atoms with Gasteiger partial charge in [0.2, 0.25) is 0 Å². The first kappa shape index (κ1) is 20.4. The van der Waals surface area contributed by atoms with E-state index in [1.165, 1.54) is 0 Å². The SMILES string of the molecule is CCOC1CCN(C(=O)N[C@H](C)c2ccc(OC(C)C)c(OC)c2)CC1. The topological polar surface area (TPSA) is 60.0 Å². The number of rotatable bonds is 7. The Morgan fingerprint density at radius 1 is 1.23 bits per heavy atom. The van der Waals surface area contributed by atoms with Crippen LogP contribution in [0.25, 0.3) is 0 Å². The molecule has 146 valence electrons. The fourth-order valence-electron chi connectivity index (χ4n) is 3.13. The van der Waals surface area contributed by atoms with Crippen molar-refractivity contribution >= 4 is 6.03 Å². The average Bonchev–Trinajstić information content (AvgIpc) is 2.62. The van der Waals surface area contributed by atoms with Crippen molar-refractivity contribution in [3.05, 3.63) is 23.8 Å². The maximum Gasteiger partial charge on any atom is 0.317 e. The summed E-state index contributed by atoms with van der Waals surface area (Å²) in [6.45, 7) is 10.1. The maximum atomic E-state index is 12.5. The van der Waals surface area contributed by atoms with Gasteiger partial charge in [0.1, 0.15) is 0 Å². The molecular weight excluding hydrogens is 332 g/mol. The minimum atomic E-state index is -0.117. The van der Waals surface area contributed by atoms with Gasteiger partial charge < -0.3 is 24.4 Å². The van der Waals surface area contributed by atoms with E-state index in [0.717, 1.165) is 38.1 Å². The zero-order valence-corrected chi connectivity index (χ0v) is 16.6. The van der Waals surface area contributed by atoms with Gasteiger partial charge in [-0.05, 0) is 58.2 Å². The van der Waals surface area contributed by atoms with Crippen LogP contribution in [0, 0.1) is 0 Å². The average molecular weight is 364 g/mol. The standard InChI is InChI=1S/C20H32N2O4/c1-6-25-17-9-11-22(12-10-17)20(23)21-15(4)16-7-8-18(26-14(2)3)19(13-16)24-5/h7-8,13-15,17H,6,9-12H2,1-5H3,(H,21,23)/t15-/m1/s1. The van der Waals surface area contributed by atoms with Crippen molar-refractivity contribution in [1.29, 1.82) is 0 Å². The molecule has 1 atom stereocenters. The van der Waals surface area contributed by atoms with E-state index in [1.807, 2.05) is 50.8 Å². The van der Waals surface area contributed by atoms with Gasteiger partial charge in [-0.1, -0.05) is 6.07 Å². The highest BCUT2D eigenvalue weighted by Crippen LogP contribution is 2.31. The molecule has 2 rings (SSSR count). The molecule has 0 spiro atoms. The van der Waals surface area contributed by atoms with Crippen LogP contribution in [-0.4, -0.2) is 49.9 Å². The number of carbonyl (C=O) groups excluding carboxylic acids is 1. The number of methoxy groups -OCH3 is 1. The molecule has 1 aliphatic heterocycles. The highest BCUT2D eigenvalue weighted by atomic mass is 16.5. The molecule has 1 saturated heterocycles. The molecule has 1 N–H and O–H groups in total. The lowest BCUT2D eigenvalue weighted by Crippen LogP contribution is -2.46. The number of likely N-dealkylation sites (tertiary alicyclic amines) is 1. The minimum Gasteiger partial charge on any atom is -0.493 e. The van der Waals surface area contributed by atoms with Crippen molar-refractivity contribution in [3.8, 4) is 11.5 Å². The molecule has 26 heavy (non-hydrogen) atoms. The van der Waals surface area contributed by atoms with E-state index >= 15 is 0 Å². The van der Waals surface area contributed by atoms with Gasteiger partial charge in [0.05, 0.1) is 25.4 Å². The van der Waals surface area contributed by atoms with Crippen molar-refractivity contribution in [2.75, 3.05) is 26.8 Å². The third-order valence-electron chi connectivity index (χ3n) is 4.52. The van der Waals surface area contributed by atoms with Gasteiger partial charge in [0.25, 0.3) is 0 Å². The quantitative estimate of drug-likeness (QED) is 0.800. The second kappa shape index (κ2) is 9.67. The lowest BCUT2D eigenvalue weighted by molar-refractivity contribution is 0.0218. The van der Waals surface area contributed by atoms with E-state index in [1.54, 1.807) is 7.11 Å². The van der Waals surface area contributed by atoms with E-state index in [4.69, 9.17) is 14.2 Å². The Kier molecular flexibility index (Phi) is 7.57. The number of urea groups is 1. The predicted octanol–water partition coefficient (Wildman–Crippen LogP) is 3.75. The Bertz CT molecular complexity index is 583. The molecule has 1 fully saturated rings. The summed E-state index contributed by atoms with van der Waals surface area (Å²) in [5.41, 5.74) is 0.982. The smallest absolute Gasteiger partial charge is 0.317 e. The lowest BCUT2D eigenvalue weighted by Gasteiger charge is -2.32. The zero-order chi connectivity index (χ0) is 19.1. The van der Waals surface area contributed by atoms with Crippen molar-refractivity contribution in [3.63, 3.8) is 0 Å². The molecule has 0 bridgehead atoms. The lowest BCUT2D eigenvalue weighted by atomic mass is 10.1. The molecule has 1 aromatic carbocycles. The number of piperidine rings is 1. The second-order valence-electron chi connectivity index (χ2n) is 6.89. The van der Waals surface area contributed by atoms with Crippen molar-refractivity contribution in [2.45, 2.75) is 58.8 Å². The molecule has 6 heteroatoms.